The first-order valence-electron chi connectivity index (χ1n) is 18.5. The molecule has 0 N–H and O–H groups in total. The highest BCUT2D eigenvalue weighted by atomic mass is 32.2. The minimum Gasteiger partial charge on any atom is -0.443 e. The minimum atomic E-state index is -4.13. The van der Waals surface area contributed by atoms with E-state index in [0.29, 0.717) is 40.8 Å². The smallest absolute Gasteiger partial charge is 0.415 e. The normalized spacial score (nSPS) is 15.5. The number of aromatic nitrogens is 3. The van der Waals surface area contributed by atoms with Gasteiger partial charge in [0.15, 0.2) is 12.1 Å². The van der Waals surface area contributed by atoms with E-state index in [2.05, 4.69) is 26.8 Å². The van der Waals surface area contributed by atoms with Gasteiger partial charge in [-0.25, -0.2) is 24.5 Å². The Morgan fingerprint density at radius 2 is 1.72 bits per heavy atom. The van der Waals surface area contributed by atoms with Gasteiger partial charge in [-0.15, -0.1) is 11.3 Å². The van der Waals surface area contributed by atoms with Gasteiger partial charge in [0.1, 0.15) is 28.0 Å². The zero-order valence-corrected chi connectivity index (χ0v) is 35.1. The Balaban J connectivity index is 1.34. The Kier molecular flexibility index (Phi) is 14.1. The van der Waals surface area contributed by atoms with Crippen LogP contribution in [0.4, 0.5) is 21.1 Å². The van der Waals surface area contributed by atoms with Crippen molar-refractivity contribution in [3.8, 4) is 11.8 Å². The first-order valence-corrected chi connectivity index (χ1v) is 20.7. The molecule has 2 amide bonds. The molecule has 0 spiro atoms. The van der Waals surface area contributed by atoms with Crippen molar-refractivity contribution >= 4 is 61.4 Å². The molecule has 304 valence electrons. The number of fused-ring (bicyclic) bond motifs is 1. The van der Waals surface area contributed by atoms with Crippen molar-refractivity contribution in [3.05, 3.63) is 77.2 Å². The number of amides is 2. The molecule has 4 aromatic rings. The summed E-state index contributed by atoms with van der Waals surface area (Å²) in [6, 6.07) is 11.7. The molecule has 0 bridgehead atoms. The van der Waals surface area contributed by atoms with E-state index in [1.54, 1.807) is 85.0 Å². The molecular weight excluding hydrogens is 771 g/mol. The summed E-state index contributed by atoms with van der Waals surface area (Å²) in [6.07, 6.45) is 6.05. The number of hydrogen-bond donors (Lipinski definition) is 0. The standard InChI is InChI=1S/C41H49N5O9S2/c1-28-16-19-32(20-17-28)57(49,50)52-27-31(53-37-15-11-12-22-51-37)26-46(39(48)55-41(5,6)7)30-18-21-33-34(23-30)56-36(44-33)14-10-9-13-29-24-43-35(25-42-29)45(8)38(47)54-40(2,3)4/h10,14,16-21,23-25,31,37H,11-12,15,22,26-27H2,1-8H3. The highest BCUT2D eigenvalue weighted by Crippen LogP contribution is 2.30. The maximum absolute atomic E-state index is 13.8. The SMILES string of the molecule is Cc1ccc(S(=O)(=O)OCC(CN(C(=O)OC(C)(C)C)c2ccc3nc(C=CC#Cc4cnc(N(C)C(=O)OC(C)(C)C)cn4)sc3c2)OC2CCCCO2)cc1. The lowest BCUT2D eigenvalue weighted by Gasteiger charge is -2.32. The van der Waals surface area contributed by atoms with E-state index in [9.17, 15) is 18.0 Å². The number of thiazole rings is 1. The zero-order valence-electron chi connectivity index (χ0n) is 33.5. The molecule has 0 saturated carbocycles. The van der Waals surface area contributed by atoms with Crippen LogP contribution in [0.3, 0.4) is 0 Å². The van der Waals surface area contributed by atoms with Crippen molar-refractivity contribution in [3.63, 3.8) is 0 Å². The van der Waals surface area contributed by atoms with E-state index in [0.717, 1.165) is 23.1 Å². The predicted molar refractivity (Wildman–Crippen MR) is 219 cm³/mol. The quantitative estimate of drug-likeness (QED) is 0.107. The minimum absolute atomic E-state index is 0.0174. The van der Waals surface area contributed by atoms with Crippen LogP contribution in [0.5, 0.6) is 0 Å². The average molecular weight is 820 g/mol. The average Bonchev–Trinajstić information content (AvgIpc) is 3.56. The topological polar surface area (TPSA) is 160 Å². The van der Waals surface area contributed by atoms with E-state index in [1.165, 1.54) is 45.7 Å². The van der Waals surface area contributed by atoms with Gasteiger partial charge in [0.2, 0.25) is 0 Å². The van der Waals surface area contributed by atoms with Crippen LogP contribution in [-0.4, -0.2) is 86.0 Å². The number of aryl methyl sites for hydroxylation is 1. The fourth-order valence-corrected chi connectivity index (χ4v) is 7.13. The van der Waals surface area contributed by atoms with Gasteiger partial charge in [-0.05, 0) is 116 Å². The number of ether oxygens (including phenoxy) is 4. The summed E-state index contributed by atoms with van der Waals surface area (Å²) in [5, 5.41) is 0.672. The molecule has 1 aliphatic rings. The summed E-state index contributed by atoms with van der Waals surface area (Å²) in [4.78, 5) is 42.1. The summed E-state index contributed by atoms with van der Waals surface area (Å²) in [7, 11) is -2.57. The van der Waals surface area contributed by atoms with E-state index >= 15 is 0 Å². The second-order valence-electron chi connectivity index (χ2n) is 15.3. The number of hydrogen-bond acceptors (Lipinski definition) is 13. The maximum Gasteiger partial charge on any atom is 0.415 e. The van der Waals surface area contributed by atoms with Crippen molar-refractivity contribution < 1.29 is 41.1 Å². The number of nitrogens with zero attached hydrogens (tertiary/aromatic N) is 5. The van der Waals surface area contributed by atoms with E-state index in [4.69, 9.17) is 23.1 Å². The van der Waals surface area contributed by atoms with Gasteiger partial charge in [0.05, 0.1) is 40.7 Å². The number of rotatable bonds is 11. The fraction of sp³-hybridized carbons (Fsp3) is 0.439. The van der Waals surface area contributed by atoms with Crippen LogP contribution in [0.2, 0.25) is 0 Å². The van der Waals surface area contributed by atoms with Gasteiger partial charge < -0.3 is 18.9 Å². The third kappa shape index (κ3) is 13.1. The molecular formula is C41H49N5O9S2. The summed E-state index contributed by atoms with van der Waals surface area (Å²) >= 11 is 1.39. The van der Waals surface area contributed by atoms with Crippen LogP contribution >= 0.6 is 11.3 Å². The van der Waals surface area contributed by atoms with Gasteiger partial charge >= 0.3 is 12.2 Å². The van der Waals surface area contributed by atoms with Crippen LogP contribution in [-0.2, 0) is 33.2 Å². The molecule has 2 unspecified atom stereocenters. The van der Waals surface area contributed by atoms with Crippen LogP contribution < -0.4 is 9.80 Å². The molecule has 1 saturated heterocycles. The number of carbonyl (C=O) groups is 2. The molecule has 2 aromatic heterocycles. The molecule has 1 aliphatic heterocycles. The number of carbonyl (C=O) groups excluding carboxylic acids is 2. The van der Waals surface area contributed by atoms with Gasteiger partial charge in [0.25, 0.3) is 10.1 Å². The van der Waals surface area contributed by atoms with E-state index in [1.807, 2.05) is 13.0 Å². The Bertz CT molecular complexity index is 2210. The molecule has 2 aromatic carbocycles. The molecule has 1 fully saturated rings. The Morgan fingerprint density at radius 1 is 1.00 bits per heavy atom. The van der Waals surface area contributed by atoms with Crippen molar-refractivity contribution in [1.82, 2.24) is 15.0 Å². The Labute approximate surface area is 338 Å². The lowest BCUT2D eigenvalue weighted by atomic mass is 10.2. The first kappa shape index (κ1) is 43.2. The summed E-state index contributed by atoms with van der Waals surface area (Å²) in [5.74, 6) is 6.18. The second kappa shape index (κ2) is 18.6. The number of allylic oxidation sites excluding steroid dienone is 1. The third-order valence-electron chi connectivity index (χ3n) is 8.06. The van der Waals surface area contributed by atoms with Crippen molar-refractivity contribution in [1.29, 1.82) is 0 Å². The lowest BCUT2D eigenvalue weighted by molar-refractivity contribution is -0.190. The first-order chi connectivity index (χ1) is 26.8. The van der Waals surface area contributed by atoms with Gasteiger partial charge in [0, 0.05) is 19.3 Å². The summed E-state index contributed by atoms with van der Waals surface area (Å²) in [5.41, 5.74) is 1.06. The molecule has 3 heterocycles. The summed E-state index contributed by atoms with van der Waals surface area (Å²) in [6.45, 7) is 12.6. The Hall–Kier alpha value is -4.92. The van der Waals surface area contributed by atoms with Crippen LogP contribution in [0.25, 0.3) is 16.3 Å². The zero-order chi connectivity index (χ0) is 41.4. The molecule has 0 aliphatic carbocycles. The van der Waals surface area contributed by atoms with Crippen molar-refractivity contribution in [2.75, 3.05) is 36.6 Å². The fourth-order valence-electron chi connectivity index (χ4n) is 5.29. The summed E-state index contributed by atoms with van der Waals surface area (Å²) < 4.78 is 55.9. The molecule has 16 heteroatoms. The monoisotopic (exact) mass is 819 g/mol. The molecule has 2 atom stereocenters. The molecule has 0 radical (unpaired) electrons. The lowest BCUT2D eigenvalue weighted by Crippen LogP contribution is -2.45. The third-order valence-corrected chi connectivity index (χ3v) is 10.3. The van der Waals surface area contributed by atoms with Crippen molar-refractivity contribution in [2.45, 2.75) is 96.2 Å². The Morgan fingerprint density at radius 3 is 2.37 bits per heavy atom. The molecule has 57 heavy (non-hydrogen) atoms. The van der Waals surface area contributed by atoms with Gasteiger partial charge in [-0.1, -0.05) is 23.6 Å². The van der Waals surface area contributed by atoms with E-state index in [-0.39, 0.29) is 18.0 Å². The van der Waals surface area contributed by atoms with Crippen LogP contribution in [0, 0.1) is 18.8 Å². The maximum atomic E-state index is 13.8. The predicted octanol–water partition coefficient (Wildman–Crippen LogP) is 7.89. The number of anilines is 2. The van der Waals surface area contributed by atoms with Gasteiger partial charge in [-0.3, -0.25) is 14.0 Å². The molecule has 5 rings (SSSR count). The van der Waals surface area contributed by atoms with Crippen molar-refractivity contribution in [2.24, 2.45) is 0 Å². The van der Waals surface area contributed by atoms with E-state index < -0.39 is 45.9 Å². The second-order valence-corrected chi connectivity index (χ2v) is 18.0. The van der Waals surface area contributed by atoms with Crippen LogP contribution in [0.15, 0.2) is 65.8 Å². The largest absolute Gasteiger partial charge is 0.443 e. The number of benzene rings is 2. The highest BCUT2D eigenvalue weighted by molar-refractivity contribution is 7.86. The van der Waals surface area contributed by atoms with Gasteiger partial charge in [-0.2, -0.15) is 8.42 Å². The van der Waals surface area contributed by atoms with Crippen LogP contribution in [0.1, 0.15) is 77.1 Å². The highest BCUT2D eigenvalue weighted by Gasteiger charge is 2.31. The molecule has 14 nitrogen and oxygen atoms in total.